The van der Waals surface area contributed by atoms with E-state index < -0.39 is 5.76 Å². The lowest BCUT2D eigenvalue weighted by Crippen LogP contribution is -2.49. The molecular weight excluding hydrogens is 422 g/mol. The molecule has 0 aliphatic carbocycles. The van der Waals surface area contributed by atoms with Crippen molar-refractivity contribution in [1.82, 2.24) is 20.1 Å². The zero-order valence-electron chi connectivity index (χ0n) is 16.5. The first-order valence-electron chi connectivity index (χ1n) is 9.70. The van der Waals surface area contributed by atoms with Gasteiger partial charge < -0.3 is 15.1 Å². The number of carbonyl (C=O) groups is 1. The Morgan fingerprint density at radius 1 is 0.935 bits per heavy atom. The Balaban J connectivity index is 1.36. The zero-order chi connectivity index (χ0) is 21.6. The van der Waals surface area contributed by atoms with E-state index in [2.05, 4.69) is 20.5 Å². The SMILES string of the molecule is O=C(c1ccccc1SC(F)F)N1CCN(c2ccc(Nc3ccccn3)nn2)CC1. The van der Waals surface area contributed by atoms with Gasteiger partial charge in [0.05, 0.1) is 5.56 Å². The third-order valence-corrected chi connectivity index (χ3v) is 5.58. The predicted molar refractivity (Wildman–Crippen MR) is 116 cm³/mol. The number of halogens is 2. The number of alkyl halides is 2. The summed E-state index contributed by atoms with van der Waals surface area (Å²) < 4.78 is 25.6. The second-order valence-corrected chi connectivity index (χ2v) is 7.80. The molecule has 0 saturated carbocycles. The first-order valence-corrected chi connectivity index (χ1v) is 10.6. The fourth-order valence-electron chi connectivity index (χ4n) is 3.28. The van der Waals surface area contributed by atoms with Crippen LogP contribution in [0.1, 0.15) is 10.4 Å². The molecule has 7 nitrogen and oxygen atoms in total. The smallest absolute Gasteiger partial charge is 0.288 e. The molecule has 0 bridgehead atoms. The van der Waals surface area contributed by atoms with Gasteiger partial charge in [0, 0.05) is 37.3 Å². The second-order valence-electron chi connectivity index (χ2n) is 6.77. The number of benzene rings is 1. The molecule has 1 fully saturated rings. The number of carbonyl (C=O) groups excluding carboxylic acids is 1. The van der Waals surface area contributed by atoms with E-state index >= 15 is 0 Å². The van der Waals surface area contributed by atoms with Gasteiger partial charge in [0.2, 0.25) is 0 Å². The largest absolute Gasteiger partial charge is 0.352 e. The van der Waals surface area contributed by atoms with Crippen molar-refractivity contribution < 1.29 is 13.6 Å². The molecule has 4 rings (SSSR count). The second kappa shape index (κ2) is 9.69. The third kappa shape index (κ3) is 5.26. The molecule has 160 valence electrons. The fourth-order valence-corrected chi connectivity index (χ4v) is 3.91. The number of thioether (sulfide) groups is 1. The molecule has 0 radical (unpaired) electrons. The van der Waals surface area contributed by atoms with Crippen LogP contribution < -0.4 is 10.2 Å². The summed E-state index contributed by atoms with van der Waals surface area (Å²) in [4.78, 5) is 21.1. The monoisotopic (exact) mass is 442 g/mol. The maximum Gasteiger partial charge on any atom is 0.288 e. The van der Waals surface area contributed by atoms with Crippen LogP contribution in [0.5, 0.6) is 0 Å². The quantitative estimate of drug-likeness (QED) is 0.581. The van der Waals surface area contributed by atoms with Crippen molar-refractivity contribution in [2.24, 2.45) is 0 Å². The number of piperazine rings is 1. The number of nitrogens with zero attached hydrogens (tertiary/aromatic N) is 5. The van der Waals surface area contributed by atoms with Crippen molar-refractivity contribution >= 4 is 35.1 Å². The number of rotatable bonds is 6. The minimum Gasteiger partial charge on any atom is -0.352 e. The summed E-state index contributed by atoms with van der Waals surface area (Å²) in [6.07, 6.45) is 1.69. The highest BCUT2D eigenvalue weighted by atomic mass is 32.2. The zero-order valence-corrected chi connectivity index (χ0v) is 17.3. The van der Waals surface area contributed by atoms with E-state index in [1.54, 1.807) is 35.4 Å². The van der Waals surface area contributed by atoms with E-state index in [0.29, 0.717) is 65.9 Å². The lowest BCUT2D eigenvalue weighted by atomic mass is 10.2. The number of nitrogens with one attached hydrogen (secondary N) is 1. The Kier molecular flexibility index (Phi) is 6.56. The van der Waals surface area contributed by atoms with E-state index in [9.17, 15) is 13.6 Å². The molecule has 1 aliphatic rings. The minimum absolute atomic E-state index is 0.232. The molecule has 1 aromatic carbocycles. The standard InChI is InChI=1S/C21H20F2N6OS/c22-21(23)31-16-6-2-1-5-15(16)20(30)29-13-11-28(12-14-29)19-9-8-18(26-27-19)25-17-7-3-4-10-24-17/h1-10,21H,11-14H2,(H,24,25,26). The van der Waals surface area contributed by atoms with Gasteiger partial charge in [0.15, 0.2) is 11.6 Å². The van der Waals surface area contributed by atoms with Crippen LogP contribution in [0.15, 0.2) is 65.7 Å². The van der Waals surface area contributed by atoms with E-state index in [1.165, 1.54) is 0 Å². The number of anilines is 3. The van der Waals surface area contributed by atoms with Gasteiger partial charge in [-0.2, -0.15) is 8.78 Å². The van der Waals surface area contributed by atoms with Gasteiger partial charge in [0.25, 0.3) is 11.7 Å². The van der Waals surface area contributed by atoms with Crippen LogP contribution in [0.4, 0.5) is 26.2 Å². The van der Waals surface area contributed by atoms with Crippen LogP contribution in [-0.4, -0.2) is 57.9 Å². The highest BCUT2D eigenvalue weighted by molar-refractivity contribution is 7.99. The van der Waals surface area contributed by atoms with E-state index in [4.69, 9.17) is 0 Å². The molecule has 1 saturated heterocycles. The summed E-state index contributed by atoms with van der Waals surface area (Å²) in [5.41, 5.74) is 0.311. The number of hydrogen-bond donors (Lipinski definition) is 1. The van der Waals surface area contributed by atoms with Gasteiger partial charge in [-0.05, 0) is 36.4 Å². The summed E-state index contributed by atoms with van der Waals surface area (Å²) in [6, 6.07) is 15.7. The first kappa shape index (κ1) is 21.0. The number of pyridine rings is 1. The summed E-state index contributed by atoms with van der Waals surface area (Å²) in [6.45, 7) is 2.11. The van der Waals surface area contributed by atoms with Crippen molar-refractivity contribution in [2.45, 2.75) is 10.7 Å². The van der Waals surface area contributed by atoms with Crippen molar-refractivity contribution in [3.8, 4) is 0 Å². The van der Waals surface area contributed by atoms with Gasteiger partial charge in [-0.3, -0.25) is 4.79 Å². The lowest BCUT2D eigenvalue weighted by Gasteiger charge is -2.35. The van der Waals surface area contributed by atoms with Gasteiger partial charge >= 0.3 is 0 Å². The number of amides is 1. The van der Waals surface area contributed by atoms with Gasteiger partial charge in [0.1, 0.15) is 5.82 Å². The molecule has 2 aromatic heterocycles. The highest BCUT2D eigenvalue weighted by Gasteiger charge is 2.25. The van der Waals surface area contributed by atoms with Crippen LogP contribution >= 0.6 is 11.8 Å². The molecule has 3 aromatic rings. The van der Waals surface area contributed by atoms with E-state index in [1.807, 2.05) is 35.2 Å². The van der Waals surface area contributed by atoms with Gasteiger partial charge in [-0.1, -0.05) is 30.0 Å². The van der Waals surface area contributed by atoms with Crippen LogP contribution in [0.2, 0.25) is 0 Å². The summed E-state index contributed by atoms with van der Waals surface area (Å²) in [5, 5.41) is 11.5. The predicted octanol–water partition coefficient (Wildman–Crippen LogP) is 3.89. The Morgan fingerprint density at radius 3 is 2.39 bits per heavy atom. The maximum atomic E-state index is 12.9. The molecule has 0 spiro atoms. The molecule has 3 heterocycles. The molecule has 31 heavy (non-hydrogen) atoms. The summed E-state index contributed by atoms with van der Waals surface area (Å²) >= 11 is 0.397. The summed E-state index contributed by atoms with van der Waals surface area (Å²) in [7, 11) is 0. The molecule has 1 aliphatic heterocycles. The van der Waals surface area contributed by atoms with Crippen LogP contribution in [0.3, 0.4) is 0 Å². The summed E-state index contributed by atoms with van der Waals surface area (Å²) in [5.74, 6) is -0.817. The van der Waals surface area contributed by atoms with Crippen molar-refractivity contribution in [3.05, 3.63) is 66.4 Å². The van der Waals surface area contributed by atoms with Crippen molar-refractivity contribution in [3.63, 3.8) is 0 Å². The molecule has 1 amide bonds. The highest BCUT2D eigenvalue weighted by Crippen LogP contribution is 2.29. The number of hydrogen-bond acceptors (Lipinski definition) is 7. The average Bonchev–Trinajstić information content (AvgIpc) is 2.80. The van der Waals surface area contributed by atoms with E-state index in [-0.39, 0.29) is 5.91 Å². The lowest BCUT2D eigenvalue weighted by molar-refractivity contribution is 0.0743. The van der Waals surface area contributed by atoms with Crippen LogP contribution in [-0.2, 0) is 0 Å². The topological polar surface area (TPSA) is 74.2 Å². The minimum atomic E-state index is -2.57. The third-order valence-electron chi connectivity index (χ3n) is 4.80. The van der Waals surface area contributed by atoms with Gasteiger partial charge in [-0.15, -0.1) is 10.2 Å². The van der Waals surface area contributed by atoms with Gasteiger partial charge in [-0.25, -0.2) is 4.98 Å². The Morgan fingerprint density at radius 2 is 1.71 bits per heavy atom. The van der Waals surface area contributed by atoms with E-state index in [0.717, 1.165) is 0 Å². The fraction of sp³-hybridized carbons (Fsp3) is 0.238. The molecule has 0 unspecified atom stereocenters. The first-order chi connectivity index (χ1) is 15.1. The molecule has 10 heteroatoms. The van der Waals surface area contributed by atoms with Crippen molar-refractivity contribution in [1.29, 1.82) is 0 Å². The average molecular weight is 442 g/mol. The molecular formula is C21H20F2N6OS. The number of aromatic nitrogens is 3. The Labute approximate surface area is 182 Å². The molecule has 0 atom stereocenters. The Bertz CT molecular complexity index is 1010. The van der Waals surface area contributed by atoms with Crippen LogP contribution in [0, 0.1) is 0 Å². The maximum absolute atomic E-state index is 12.9. The van der Waals surface area contributed by atoms with Crippen molar-refractivity contribution in [2.75, 3.05) is 36.4 Å². The van der Waals surface area contributed by atoms with Crippen LogP contribution in [0.25, 0.3) is 0 Å². The Hall–Kier alpha value is -3.27. The molecule has 1 N–H and O–H groups in total. The normalized spacial score (nSPS) is 14.0.